The number of nitrogens with two attached hydrogens (primary N) is 1. The van der Waals surface area contributed by atoms with Crippen molar-refractivity contribution in [2.45, 2.75) is 33.2 Å². The molecule has 94 valence electrons. The molecule has 1 fully saturated rings. The van der Waals surface area contributed by atoms with Gasteiger partial charge < -0.3 is 10.6 Å². The number of benzene rings is 1. The van der Waals surface area contributed by atoms with Gasteiger partial charge in [0.1, 0.15) is 0 Å². The fourth-order valence-corrected chi connectivity index (χ4v) is 2.70. The van der Waals surface area contributed by atoms with Gasteiger partial charge in [-0.25, -0.2) is 0 Å². The first-order chi connectivity index (χ1) is 8.06. The van der Waals surface area contributed by atoms with Gasteiger partial charge in [-0.2, -0.15) is 0 Å². The summed E-state index contributed by atoms with van der Waals surface area (Å²) in [5.41, 5.74) is 8.83. The third-order valence-corrected chi connectivity index (χ3v) is 3.82. The SMILES string of the molecule is Cc1cccc(N2CC(N)CC(C(C)C)C2)c1. The highest BCUT2D eigenvalue weighted by Gasteiger charge is 2.27. The quantitative estimate of drug-likeness (QED) is 0.849. The molecule has 1 aliphatic heterocycles. The minimum Gasteiger partial charge on any atom is -0.370 e. The van der Waals surface area contributed by atoms with Crippen molar-refractivity contribution in [2.75, 3.05) is 18.0 Å². The molecule has 0 aromatic heterocycles. The van der Waals surface area contributed by atoms with Crippen molar-refractivity contribution in [1.82, 2.24) is 0 Å². The number of rotatable bonds is 2. The summed E-state index contributed by atoms with van der Waals surface area (Å²) in [4.78, 5) is 2.45. The average molecular weight is 232 g/mol. The Morgan fingerprint density at radius 3 is 2.71 bits per heavy atom. The van der Waals surface area contributed by atoms with Crippen LogP contribution in [0.4, 0.5) is 5.69 Å². The Labute approximate surface area is 105 Å². The van der Waals surface area contributed by atoms with Crippen molar-refractivity contribution in [3.63, 3.8) is 0 Å². The maximum atomic E-state index is 6.19. The summed E-state index contributed by atoms with van der Waals surface area (Å²) in [5.74, 6) is 1.44. The second-order valence-corrected chi connectivity index (χ2v) is 5.74. The highest BCUT2D eigenvalue weighted by Crippen LogP contribution is 2.27. The van der Waals surface area contributed by atoms with Crippen molar-refractivity contribution < 1.29 is 0 Å². The molecule has 1 aliphatic rings. The van der Waals surface area contributed by atoms with Gasteiger partial charge in [0.25, 0.3) is 0 Å². The Hall–Kier alpha value is -1.02. The maximum Gasteiger partial charge on any atom is 0.0369 e. The summed E-state index contributed by atoms with van der Waals surface area (Å²) < 4.78 is 0. The molecule has 1 aromatic rings. The van der Waals surface area contributed by atoms with Crippen LogP contribution in [-0.2, 0) is 0 Å². The summed E-state index contributed by atoms with van der Waals surface area (Å²) in [6, 6.07) is 9.05. The lowest BCUT2D eigenvalue weighted by molar-refractivity contribution is 0.298. The van der Waals surface area contributed by atoms with E-state index in [1.807, 2.05) is 0 Å². The van der Waals surface area contributed by atoms with Gasteiger partial charge >= 0.3 is 0 Å². The van der Waals surface area contributed by atoms with Crippen LogP contribution in [0, 0.1) is 18.8 Å². The third-order valence-electron chi connectivity index (χ3n) is 3.82. The van der Waals surface area contributed by atoms with E-state index >= 15 is 0 Å². The molecule has 1 heterocycles. The normalized spacial score (nSPS) is 25.4. The Kier molecular flexibility index (Phi) is 3.72. The molecule has 0 aliphatic carbocycles. The largest absolute Gasteiger partial charge is 0.370 e. The zero-order valence-corrected chi connectivity index (χ0v) is 11.2. The molecule has 1 aromatic carbocycles. The molecule has 2 N–H and O–H groups in total. The van der Waals surface area contributed by atoms with Crippen molar-refractivity contribution in [3.05, 3.63) is 29.8 Å². The molecule has 0 amide bonds. The minimum atomic E-state index is 0.316. The van der Waals surface area contributed by atoms with E-state index in [1.165, 1.54) is 17.7 Å². The van der Waals surface area contributed by atoms with Crippen LogP contribution in [0.25, 0.3) is 0 Å². The van der Waals surface area contributed by atoms with Crippen LogP contribution in [0.3, 0.4) is 0 Å². The number of anilines is 1. The molecule has 0 spiro atoms. The Bertz CT molecular complexity index is 373. The first kappa shape index (κ1) is 12.4. The molecular weight excluding hydrogens is 208 g/mol. The van der Waals surface area contributed by atoms with E-state index in [2.05, 4.69) is 49.9 Å². The molecule has 17 heavy (non-hydrogen) atoms. The monoisotopic (exact) mass is 232 g/mol. The standard InChI is InChI=1S/C15H24N2/c1-11(2)13-8-14(16)10-17(9-13)15-6-4-5-12(3)7-15/h4-7,11,13-14H,8-10,16H2,1-3H3. The lowest BCUT2D eigenvalue weighted by atomic mass is 9.85. The van der Waals surface area contributed by atoms with Crippen LogP contribution >= 0.6 is 0 Å². The number of aryl methyl sites for hydroxylation is 1. The summed E-state index contributed by atoms with van der Waals surface area (Å²) in [5, 5.41) is 0. The van der Waals surface area contributed by atoms with E-state index in [0.29, 0.717) is 12.0 Å². The van der Waals surface area contributed by atoms with Crippen LogP contribution in [0.1, 0.15) is 25.8 Å². The van der Waals surface area contributed by atoms with Crippen LogP contribution in [0.5, 0.6) is 0 Å². The summed E-state index contributed by atoms with van der Waals surface area (Å²) in [6.45, 7) is 8.89. The Balaban J connectivity index is 2.15. The van der Waals surface area contributed by atoms with E-state index in [9.17, 15) is 0 Å². The third kappa shape index (κ3) is 3.01. The smallest absolute Gasteiger partial charge is 0.0369 e. The van der Waals surface area contributed by atoms with E-state index < -0.39 is 0 Å². The minimum absolute atomic E-state index is 0.316. The van der Waals surface area contributed by atoms with Gasteiger partial charge in [-0.15, -0.1) is 0 Å². The molecule has 2 unspecified atom stereocenters. The Morgan fingerprint density at radius 2 is 2.06 bits per heavy atom. The fourth-order valence-electron chi connectivity index (χ4n) is 2.70. The number of hydrogen-bond acceptors (Lipinski definition) is 2. The molecule has 0 radical (unpaired) electrons. The van der Waals surface area contributed by atoms with Crippen LogP contribution in [0.2, 0.25) is 0 Å². The summed E-state index contributed by atoms with van der Waals surface area (Å²) in [6.07, 6.45) is 1.17. The highest BCUT2D eigenvalue weighted by atomic mass is 15.2. The topological polar surface area (TPSA) is 29.3 Å². The molecule has 1 saturated heterocycles. The number of hydrogen-bond donors (Lipinski definition) is 1. The van der Waals surface area contributed by atoms with Gasteiger partial charge in [0.15, 0.2) is 0 Å². The first-order valence-corrected chi connectivity index (χ1v) is 6.63. The van der Waals surface area contributed by atoms with Gasteiger partial charge in [-0.1, -0.05) is 26.0 Å². The first-order valence-electron chi connectivity index (χ1n) is 6.63. The highest BCUT2D eigenvalue weighted by molar-refractivity contribution is 5.49. The van der Waals surface area contributed by atoms with Gasteiger partial charge in [0.2, 0.25) is 0 Å². The lowest BCUT2D eigenvalue weighted by Gasteiger charge is -2.39. The zero-order chi connectivity index (χ0) is 12.4. The van der Waals surface area contributed by atoms with Crippen LogP contribution in [-0.4, -0.2) is 19.1 Å². The molecule has 0 saturated carbocycles. The van der Waals surface area contributed by atoms with Gasteiger partial charge in [0.05, 0.1) is 0 Å². The summed E-state index contributed by atoms with van der Waals surface area (Å²) in [7, 11) is 0. The molecular formula is C15H24N2. The van der Waals surface area contributed by atoms with E-state index in [0.717, 1.165) is 19.0 Å². The average Bonchev–Trinajstić information content (AvgIpc) is 2.28. The van der Waals surface area contributed by atoms with Crippen LogP contribution < -0.4 is 10.6 Å². The predicted molar refractivity (Wildman–Crippen MR) is 74.3 cm³/mol. The van der Waals surface area contributed by atoms with Gasteiger partial charge in [-0.05, 0) is 42.9 Å². The number of piperidine rings is 1. The summed E-state index contributed by atoms with van der Waals surface area (Å²) >= 11 is 0. The molecule has 2 nitrogen and oxygen atoms in total. The van der Waals surface area contributed by atoms with Crippen molar-refractivity contribution in [2.24, 2.45) is 17.6 Å². The number of nitrogens with zero attached hydrogens (tertiary/aromatic N) is 1. The fraction of sp³-hybridized carbons (Fsp3) is 0.600. The van der Waals surface area contributed by atoms with Crippen molar-refractivity contribution >= 4 is 5.69 Å². The van der Waals surface area contributed by atoms with E-state index in [4.69, 9.17) is 5.73 Å². The molecule has 2 heteroatoms. The van der Waals surface area contributed by atoms with Crippen LogP contribution in [0.15, 0.2) is 24.3 Å². The van der Waals surface area contributed by atoms with E-state index in [1.54, 1.807) is 0 Å². The molecule has 2 rings (SSSR count). The second kappa shape index (κ2) is 5.09. The van der Waals surface area contributed by atoms with E-state index in [-0.39, 0.29) is 0 Å². The lowest BCUT2D eigenvalue weighted by Crippen LogP contribution is -2.48. The Morgan fingerprint density at radius 1 is 1.29 bits per heavy atom. The molecule has 0 bridgehead atoms. The predicted octanol–water partition coefficient (Wildman–Crippen LogP) is 2.80. The zero-order valence-electron chi connectivity index (χ0n) is 11.2. The van der Waals surface area contributed by atoms with Crippen molar-refractivity contribution in [3.8, 4) is 0 Å². The van der Waals surface area contributed by atoms with Gasteiger partial charge in [-0.3, -0.25) is 0 Å². The maximum absolute atomic E-state index is 6.19. The second-order valence-electron chi connectivity index (χ2n) is 5.74. The molecule has 2 atom stereocenters. The van der Waals surface area contributed by atoms with Crippen molar-refractivity contribution in [1.29, 1.82) is 0 Å². The van der Waals surface area contributed by atoms with Gasteiger partial charge in [0, 0.05) is 24.8 Å².